The van der Waals surface area contributed by atoms with E-state index in [1.54, 1.807) is 6.21 Å². The molecule has 0 fully saturated rings. The molecule has 0 aromatic rings. The second kappa shape index (κ2) is 1.69. The molecule has 0 amide bonds. The zero-order chi connectivity index (χ0) is 6.27. The van der Waals surface area contributed by atoms with Crippen LogP contribution in [0.5, 0.6) is 0 Å². The van der Waals surface area contributed by atoms with Crippen LogP contribution in [0.25, 0.3) is 0 Å². The van der Waals surface area contributed by atoms with Crippen molar-refractivity contribution in [3.05, 3.63) is 11.6 Å². The Bertz CT molecular complexity index is 169. The highest BCUT2D eigenvalue weighted by Gasteiger charge is 2.29. The molecule has 2 aliphatic carbocycles. The van der Waals surface area contributed by atoms with Crippen molar-refractivity contribution >= 4 is 6.21 Å². The van der Waals surface area contributed by atoms with Crippen LogP contribution in [0.15, 0.2) is 11.6 Å². The fraction of sp³-hybridized carbons (Fsp3) is 0.625. The highest BCUT2D eigenvalue weighted by Crippen LogP contribution is 2.41. The monoisotopic (exact) mass is 121 g/mol. The largest absolute Gasteiger partial charge is 0.312 e. The van der Waals surface area contributed by atoms with Gasteiger partial charge in [-0.3, -0.25) is 0 Å². The summed E-state index contributed by atoms with van der Waals surface area (Å²) in [6, 6.07) is 0. The van der Waals surface area contributed by atoms with Gasteiger partial charge in [-0.25, -0.2) is 0 Å². The molecule has 0 saturated heterocycles. The standard InChI is InChI=1S/C8H11N/c9-5-8-4-6-1-2-7(8)3-6/h3,5-6,8-9H,1-2,4H2. The first-order valence-corrected chi connectivity index (χ1v) is 3.61. The van der Waals surface area contributed by atoms with Crippen molar-refractivity contribution in [1.29, 1.82) is 5.41 Å². The van der Waals surface area contributed by atoms with Crippen LogP contribution in [0.2, 0.25) is 0 Å². The van der Waals surface area contributed by atoms with E-state index < -0.39 is 0 Å². The molecular formula is C8H11N. The summed E-state index contributed by atoms with van der Waals surface area (Å²) in [4.78, 5) is 0. The summed E-state index contributed by atoms with van der Waals surface area (Å²) >= 11 is 0. The lowest BCUT2D eigenvalue weighted by atomic mass is 9.90. The molecule has 2 aliphatic rings. The number of nitrogens with one attached hydrogen (secondary N) is 1. The van der Waals surface area contributed by atoms with Crippen molar-refractivity contribution in [2.24, 2.45) is 11.8 Å². The first kappa shape index (κ1) is 5.21. The summed E-state index contributed by atoms with van der Waals surface area (Å²) in [5.74, 6) is 1.37. The molecule has 0 aromatic carbocycles. The lowest BCUT2D eigenvalue weighted by Crippen LogP contribution is -2.07. The maximum Gasteiger partial charge on any atom is 0.0151 e. The van der Waals surface area contributed by atoms with E-state index in [0.717, 1.165) is 5.92 Å². The van der Waals surface area contributed by atoms with Crippen LogP contribution in [-0.4, -0.2) is 6.21 Å². The Morgan fingerprint density at radius 1 is 1.67 bits per heavy atom. The van der Waals surface area contributed by atoms with E-state index in [2.05, 4.69) is 6.08 Å². The molecule has 48 valence electrons. The van der Waals surface area contributed by atoms with Gasteiger partial charge in [0, 0.05) is 12.1 Å². The van der Waals surface area contributed by atoms with E-state index in [0.29, 0.717) is 5.92 Å². The molecule has 1 N–H and O–H groups in total. The topological polar surface area (TPSA) is 23.9 Å². The van der Waals surface area contributed by atoms with E-state index in [-0.39, 0.29) is 0 Å². The molecule has 0 saturated carbocycles. The summed E-state index contributed by atoms with van der Waals surface area (Å²) in [7, 11) is 0. The Kier molecular flexibility index (Phi) is 0.981. The Hall–Kier alpha value is -0.590. The minimum Gasteiger partial charge on any atom is -0.312 e. The third kappa shape index (κ3) is 0.640. The van der Waals surface area contributed by atoms with Crippen molar-refractivity contribution in [2.45, 2.75) is 19.3 Å². The molecule has 0 heterocycles. The van der Waals surface area contributed by atoms with E-state index in [9.17, 15) is 0 Å². The van der Waals surface area contributed by atoms with Gasteiger partial charge in [0.25, 0.3) is 0 Å². The summed E-state index contributed by atoms with van der Waals surface area (Å²) in [5.41, 5.74) is 1.54. The van der Waals surface area contributed by atoms with Crippen LogP contribution >= 0.6 is 0 Å². The van der Waals surface area contributed by atoms with Gasteiger partial charge in [-0.1, -0.05) is 11.6 Å². The van der Waals surface area contributed by atoms with Gasteiger partial charge < -0.3 is 5.41 Å². The summed E-state index contributed by atoms with van der Waals surface area (Å²) in [5, 5.41) is 7.09. The molecule has 0 spiro atoms. The Labute approximate surface area is 55.3 Å². The molecule has 2 atom stereocenters. The molecule has 2 rings (SSSR count). The van der Waals surface area contributed by atoms with E-state index in [4.69, 9.17) is 5.41 Å². The lowest BCUT2D eigenvalue weighted by molar-refractivity contribution is 0.509. The Balaban J connectivity index is 2.19. The van der Waals surface area contributed by atoms with Gasteiger partial charge in [0.1, 0.15) is 0 Å². The zero-order valence-electron chi connectivity index (χ0n) is 5.43. The molecule has 9 heavy (non-hydrogen) atoms. The normalized spacial score (nSPS) is 38.9. The molecule has 1 heteroatoms. The first-order valence-electron chi connectivity index (χ1n) is 3.61. The van der Waals surface area contributed by atoms with Crippen molar-refractivity contribution in [3.8, 4) is 0 Å². The van der Waals surface area contributed by atoms with Crippen molar-refractivity contribution in [1.82, 2.24) is 0 Å². The summed E-state index contributed by atoms with van der Waals surface area (Å²) in [6.07, 6.45) is 7.84. The minimum absolute atomic E-state index is 0.531. The Morgan fingerprint density at radius 3 is 2.89 bits per heavy atom. The highest BCUT2D eigenvalue weighted by atomic mass is 14.4. The summed E-state index contributed by atoms with van der Waals surface area (Å²) < 4.78 is 0. The SMILES string of the molecule is N=CC1CC2C=C1CC2. The van der Waals surface area contributed by atoms with Gasteiger partial charge >= 0.3 is 0 Å². The predicted molar refractivity (Wildman–Crippen MR) is 37.7 cm³/mol. The molecule has 0 radical (unpaired) electrons. The third-order valence-corrected chi connectivity index (χ3v) is 2.49. The van der Waals surface area contributed by atoms with Crippen LogP contribution in [0.1, 0.15) is 19.3 Å². The van der Waals surface area contributed by atoms with Crippen LogP contribution < -0.4 is 0 Å². The molecule has 1 nitrogen and oxygen atoms in total. The van der Waals surface area contributed by atoms with Crippen LogP contribution in [-0.2, 0) is 0 Å². The molecule has 2 unspecified atom stereocenters. The second-order valence-electron chi connectivity index (χ2n) is 3.05. The maximum atomic E-state index is 7.09. The van der Waals surface area contributed by atoms with Crippen LogP contribution in [0, 0.1) is 17.2 Å². The van der Waals surface area contributed by atoms with Crippen LogP contribution in [0.3, 0.4) is 0 Å². The zero-order valence-corrected chi connectivity index (χ0v) is 5.43. The van der Waals surface area contributed by atoms with Crippen LogP contribution in [0.4, 0.5) is 0 Å². The number of hydrogen-bond acceptors (Lipinski definition) is 1. The van der Waals surface area contributed by atoms with Gasteiger partial charge in [-0.15, -0.1) is 0 Å². The Morgan fingerprint density at radius 2 is 2.56 bits per heavy atom. The van der Waals surface area contributed by atoms with Gasteiger partial charge in [0.2, 0.25) is 0 Å². The minimum atomic E-state index is 0.531. The van der Waals surface area contributed by atoms with E-state index >= 15 is 0 Å². The van der Waals surface area contributed by atoms with Gasteiger partial charge in [0.15, 0.2) is 0 Å². The maximum absolute atomic E-state index is 7.09. The number of allylic oxidation sites excluding steroid dienone is 2. The molecule has 0 aromatic heterocycles. The van der Waals surface area contributed by atoms with Crippen molar-refractivity contribution in [3.63, 3.8) is 0 Å². The predicted octanol–water partition coefficient (Wildman–Crippen LogP) is 1.99. The fourth-order valence-corrected chi connectivity index (χ4v) is 1.97. The number of fused-ring (bicyclic) bond motifs is 1. The average molecular weight is 121 g/mol. The van der Waals surface area contributed by atoms with Gasteiger partial charge in [-0.05, 0) is 25.2 Å². The van der Waals surface area contributed by atoms with E-state index in [1.165, 1.54) is 24.8 Å². The van der Waals surface area contributed by atoms with Gasteiger partial charge in [0.05, 0.1) is 0 Å². The fourth-order valence-electron chi connectivity index (χ4n) is 1.97. The van der Waals surface area contributed by atoms with E-state index in [1.807, 2.05) is 0 Å². The average Bonchev–Trinajstić information content (AvgIpc) is 2.45. The molecule has 2 bridgehead atoms. The quantitative estimate of drug-likeness (QED) is 0.405. The van der Waals surface area contributed by atoms with Crippen molar-refractivity contribution in [2.75, 3.05) is 0 Å². The molecule has 0 aliphatic heterocycles. The summed E-state index contributed by atoms with van der Waals surface area (Å²) in [6.45, 7) is 0. The third-order valence-electron chi connectivity index (χ3n) is 2.49. The highest BCUT2D eigenvalue weighted by molar-refractivity contribution is 5.63. The lowest BCUT2D eigenvalue weighted by Gasteiger charge is -2.14. The first-order chi connectivity index (χ1) is 4.40. The smallest absolute Gasteiger partial charge is 0.0151 e. The van der Waals surface area contributed by atoms with Gasteiger partial charge in [-0.2, -0.15) is 0 Å². The molecular weight excluding hydrogens is 110 g/mol. The van der Waals surface area contributed by atoms with Crippen molar-refractivity contribution < 1.29 is 0 Å². The number of hydrogen-bond donors (Lipinski definition) is 1. The second-order valence-corrected chi connectivity index (χ2v) is 3.05. The number of rotatable bonds is 1.